The highest BCUT2D eigenvalue weighted by Crippen LogP contribution is 2.27. The second kappa shape index (κ2) is 6.06. The highest BCUT2D eigenvalue weighted by atomic mass is 32.1. The second-order valence-corrected chi connectivity index (χ2v) is 6.59. The van der Waals surface area contributed by atoms with Crippen molar-refractivity contribution < 1.29 is 0 Å². The zero-order chi connectivity index (χ0) is 13.1. The summed E-state index contributed by atoms with van der Waals surface area (Å²) in [6, 6.07) is 0.702. The average Bonchev–Trinajstić information content (AvgIpc) is 2.99. The van der Waals surface area contributed by atoms with Gasteiger partial charge >= 0.3 is 0 Å². The lowest BCUT2D eigenvalue weighted by molar-refractivity contribution is 0.277. The van der Waals surface area contributed by atoms with Gasteiger partial charge in [-0.15, -0.1) is 11.3 Å². The van der Waals surface area contributed by atoms with Crippen LogP contribution < -0.4 is 5.32 Å². The van der Waals surface area contributed by atoms with Crippen molar-refractivity contribution in [3.63, 3.8) is 0 Å². The normalized spacial score (nSPS) is 24.1. The molecule has 104 valence electrons. The third-order valence-electron chi connectivity index (χ3n) is 4.26. The Hall–Kier alpha value is -0.870. The van der Waals surface area contributed by atoms with Gasteiger partial charge in [0.05, 0.1) is 5.69 Å². The summed E-state index contributed by atoms with van der Waals surface area (Å²) in [5.74, 6) is 0.987. The number of hydrogen-bond donors (Lipinski definition) is 1. The fourth-order valence-corrected chi connectivity index (χ4v) is 3.89. The van der Waals surface area contributed by atoms with Crippen molar-refractivity contribution in [1.29, 1.82) is 0 Å². The van der Waals surface area contributed by atoms with Crippen molar-refractivity contribution in [2.75, 3.05) is 0 Å². The highest BCUT2D eigenvalue weighted by Gasteiger charge is 2.20. The van der Waals surface area contributed by atoms with Crippen molar-refractivity contribution in [2.45, 2.75) is 58.0 Å². The van der Waals surface area contributed by atoms with Gasteiger partial charge < -0.3 is 5.32 Å². The van der Waals surface area contributed by atoms with Crippen LogP contribution in [0.5, 0.6) is 0 Å². The van der Waals surface area contributed by atoms with Crippen molar-refractivity contribution >= 4 is 16.3 Å². The van der Waals surface area contributed by atoms with Crippen molar-refractivity contribution in [2.24, 2.45) is 5.92 Å². The number of aromatic nitrogens is 2. The molecule has 2 aromatic heterocycles. The zero-order valence-corrected chi connectivity index (χ0v) is 12.5. The molecule has 0 saturated heterocycles. The summed E-state index contributed by atoms with van der Waals surface area (Å²) < 4.78 is 2.11. The van der Waals surface area contributed by atoms with Crippen LogP contribution >= 0.6 is 11.3 Å². The van der Waals surface area contributed by atoms with Crippen LogP contribution in [0.2, 0.25) is 0 Å². The lowest BCUT2D eigenvalue weighted by Gasteiger charge is -2.28. The van der Waals surface area contributed by atoms with E-state index in [9.17, 15) is 0 Å². The average molecular weight is 277 g/mol. The molecule has 0 aromatic carbocycles. The maximum absolute atomic E-state index is 4.62. The Morgan fingerprint density at radius 2 is 2.21 bits per heavy atom. The first kappa shape index (κ1) is 13.1. The van der Waals surface area contributed by atoms with Gasteiger partial charge in [-0.3, -0.25) is 4.40 Å². The van der Waals surface area contributed by atoms with Crippen LogP contribution in [-0.2, 0) is 6.54 Å². The molecular weight excluding hydrogens is 254 g/mol. The molecule has 2 heterocycles. The number of rotatable bonds is 5. The van der Waals surface area contributed by atoms with E-state index in [4.69, 9.17) is 0 Å². The first-order valence-corrected chi connectivity index (χ1v) is 8.37. The Balaban J connectivity index is 1.46. The molecule has 1 N–H and O–H groups in total. The maximum Gasteiger partial charge on any atom is 0.193 e. The molecule has 0 amide bonds. The molecule has 0 bridgehead atoms. The van der Waals surface area contributed by atoms with E-state index in [0.29, 0.717) is 6.04 Å². The predicted octanol–water partition coefficient (Wildman–Crippen LogP) is 3.84. The second-order valence-electron chi connectivity index (χ2n) is 5.71. The largest absolute Gasteiger partial charge is 0.308 e. The number of nitrogens with one attached hydrogen (secondary N) is 1. The third-order valence-corrected chi connectivity index (χ3v) is 5.03. The number of fused-ring (bicyclic) bond motifs is 1. The van der Waals surface area contributed by atoms with E-state index in [-0.39, 0.29) is 0 Å². The summed E-state index contributed by atoms with van der Waals surface area (Å²) in [6.45, 7) is 3.21. The van der Waals surface area contributed by atoms with E-state index in [1.165, 1.54) is 44.2 Å². The molecule has 4 heteroatoms. The maximum atomic E-state index is 4.62. The summed E-state index contributed by atoms with van der Waals surface area (Å²) >= 11 is 1.70. The van der Waals surface area contributed by atoms with Crippen LogP contribution in [0.4, 0.5) is 0 Å². The molecule has 0 spiro atoms. The molecule has 0 aliphatic heterocycles. The van der Waals surface area contributed by atoms with Gasteiger partial charge in [-0.25, -0.2) is 4.98 Å². The number of nitrogens with zero attached hydrogens (tertiary/aromatic N) is 2. The first-order chi connectivity index (χ1) is 9.35. The van der Waals surface area contributed by atoms with Gasteiger partial charge in [0, 0.05) is 30.4 Å². The van der Waals surface area contributed by atoms with Crippen LogP contribution in [0, 0.1) is 5.92 Å². The summed E-state index contributed by atoms with van der Waals surface area (Å²) in [5.41, 5.74) is 1.17. The van der Waals surface area contributed by atoms with E-state index in [0.717, 1.165) is 17.4 Å². The summed E-state index contributed by atoms with van der Waals surface area (Å²) in [6.07, 6.45) is 12.5. The van der Waals surface area contributed by atoms with E-state index >= 15 is 0 Å². The van der Waals surface area contributed by atoms with Crippen molar-refractivity contribution in [1.82, 2.24) is 14.7 Å². The molecule has 3 nitrogen and oxygen atoms in total. The SMILES string of the molecule is CCCC1CCC(NCc2cn3ccsc3n2)CC1. The summed E-state index contributed by atoms with van der Waals surface area (Å²) in [4.78, 5) is 5.72. The van der Waals surface area contributed by atoms with E-state index in [1.807, 2.05) is 0 Å². The van der Waals surface area contributed by atoms with E-state index < -0.39 is 0 Å². The molecule has 1 fully saturated rings. The van der Waals surface area contributed by atoms with Crippen LogP contribution in [0.3, 0.4) is 0 Å². The van der Waals surface area contributed by atoms with Crippen molar-refractivity contribution in [3.05, 3.63) is 23.5 Å². The summed E-state index contributed by atoms with van der Waals surface area (Å²) in [7, 11) is 0. The molecule has 2 aromatic rings. The van der Waals surface area contributed by atoms with Crippen LogP contribution in [0.15, 0.2) is 17.8 Å². The Bertz CT molecular complexity index is 480. The minimum atomic E-state index is 0.702. The van der Waals surface area contributed by atoms with E-state index in [1.54, 1.807) is 11.3 Å². The van der Waals surface area contributed by atoms with Gasteiger partial charge in [-0.2, -0.15) is 0 Å². The monoisotopic (exact) mass is 277 g/mol. The fraction of sp³-hybridized carbons (Fsp3) is 0.667. The Morgan fingerprint density at radius 1 is 1.37 bits per heavy atom. The highest BCUT2D eigenvalue weighted by molar-refractivity contribution is 7.15. The zero-order valence-electron chi connectivity index (χ0n) is 11.6. The molecule has 1 aliphatic rings. The smallest absolute Gasteiger partial charge is 0.193 e. The Kier molecular flexibility index (Phi) is 4.18. The van der Waals surface area contributed by atoms with E-state index in [2.05, 4.69) is 39.4 Å². The molecule has 3 rings (SSSR count). The predicted molar refractivity (Wildman–Crippen MR) is 80.6 cm³/mol. The van der Waals surface area contributed by atoms with Gasteiger partial charge in [0.25, 0.3) is 0 Å². The Morgan fingerprint density at radius 3 is 2.95 bits per heavy atom. The van der Waals surface area contributed by atoms with Crippen molar-refractivity contribution in [3.8, 4) is 0 Å². The van der Waals surface area contributed by atoms with Crippen LogP contribution in [-0.4, -0.2) is 15.4 Å². The Labute approximate surface area is 119 Å². The molecule has 1 saturated carbocycles. The quantitative estimate of drug-likeness (QED) is 0.899. The molecule has 19 heavy (non-hydrogen) atoms. The number of thiazole rings is 1. The third kappa shape index (κ3) is 3.18. The van der Waals surface area contributed by atoms with Crippen LogP contribution in [0.1, 0.15) is 51.1 Å². The first-order valence-electron chi connectivity index (χ1n) is 7.49. The molecule has 0 unspecified atom stereocenters. The topological polar surface area (TPSA) is 29.3 Å². The molecule has 0 atom stereocenters. The van der Waals surface area contributed by atoms with Gasteiger partial charge in [-0.1, -0.05) is 19.8 Å². The molecular formula is C15H23N3S. The van der Waals surface area contributed by atoms with Gasteiger partial charge in [0.2, 0.25) is 0 Å². The number of imidazole rings is 1. The summed E-state index contributed by atoms with van der Waals surface area (Å²) in [5, 5.41) is 5.76. The van der Waals surface area contributed by atoms with Gasteiger partial charge in [-0.05, 0) is 31.6 Å². The lowest BCUT2D eigenvalue weighted by atomic mass is 9.83. The van der Waals surface area contributed by atoms with Crippen LogP contribution in [0.25, 0.3) is 4.96 Å². The standard InChI is InChI=1S/C15H23N3S/c1-2-3-12-4-6-13(7-5-12)16-10-14-11-18-8-9-19-15(18)17-14/h8-9,11-13,16H,2-7,10H2,1H3. The molecule has 1 aliphatic carbocycles. The minimum absolute atomic E-state index is 0.702. The van der Waals surface area contributed by atoms with Gasteiger partial charge in [0.15, 0.2) is 4.96 Å². The molecule has 0 radical (unpaired) electrons. The lowest BCUT2D eigenvalue weighted by Crippen LogP contribution is -2.32. The fourth-order valence-electron chi connectivity index (χ4n) is 3.17. The van der Waals surface area contributed by atoms with Gasteiger partial charge in [0.1, 0.15) is 0 Å². The number of hydrogen-bond acceptors (Lipinski definition) is 3. The minimum Gasteiger partial charge on any atom is -0.308 e.